The highest BCUT2D eigenvalue weighted by molar-refractivity contribution is 9.10. The lowest BCUT2D eigenvalue weighted by Crippen LogP contribution is -2.01. The molecule has 0 radical (unpaired) electrons. The number of nitrogens with two attached hydrogens (primary N) is 1. The summed E-state index contributed by atoms with van der Waals surface area (Å²) < 4.78 is 0.954. The molecule has 0 spiro atoms. The second kappa shape index (κ2) is 5.09. The summed E-state index contributed by atoms with van der Waals surface area (Å²) in [5.74, 6) is 0.655. The topological polar surface area (TPSA) is 63.8 Å². The molecule has 3 aromatic rings. The molecule has 2 heterocycles. The van der Waals surface area contributed by atoms with E-state index < -0.39 is 0 Å². The van der Waals surface area contributed by atoms with Crippen LogP contribution in [0.2, 0.25) is 0 Å². The fourth-order valence-electron chi connectivity index (χ4n) is 2.03. The number of nitrogens with zero attached hydrogens (tertiary/aromatic N) is 2. The van der Waals surface area contributed by atoms with Gasteiger partial charge in [-0.3, -0.25) is 4.98 Å². The fourth-order valence-corrected chi connectivity index (χ4v) is 2.38. The Labute approximate surface area is 125 Å². The van der Waals surface area contributed by atoms with E-state index in [0.717, 1.165) is 26.8 Å². The van der Waals surface area contributed by atoms with Crippen molar-refractivity contribution >= 4 is 44.0 Å². The van der Waals surface area contributed by atoms with E-state index in [2.05, 4.69) is 31.2 Å². The average Bonchev–Trinajstić information content (AvgIpc) is 2.43. The molecule has 0 bridgehead atoms. The van der Waals surface area contributed by atoms with Crippen LogP contribution >= 0.6 is 15.9 Å². The van der Waals surface area contributed by atoms with Crippen LogP contribution in [0.25, 0.3) is 10.9 Å². The molecule has 0 saturated carbocycles. The number of hydrogen-bond donors (Lipinski definition) is 2. The average molecular weight is 329 g/mol. The first-order chi connectivity index (χ1) is 9.63. The van der Waals surface area contributed by atoms with Crippen molar-refractivity contribution in [3.63, 3.8) is 0 Å². The number of anilines is 3. The van der Waals surface area contributed by atoms with Crippen LogP contribution in [0.15, 0.2) is 47.1 Å². The molecule has 100 valence electrons. The van der Waals surface area contributed by atoms with Crippen LogP contribution in [0.4, 0.5) is 17.2 Å². The Morgan fingerprint density at radius 1 is 1.20 bits per heavy atom. The minimum Gasteiger partial charge on any atom is -0.396 e. The van der Waals surface area contributed by atoms with Crippen molar-refractivity contribution in [3.05, 3.63) is 52.8 Å². The van der Waals surface area contributed by atoms with Gasteiger partial charge in [0, 0.05) is 21.7 Å². The third kappa shape index (κ3) is 2.44. The van der Waals surface area contributed by atoms with Crippen molar-refractivity contribution < 1.29 is 0 Å². The Bertz CT molecular complexity index is 786. The highest BCUT2D eigenvalue weighted by Gasteiger charge is 2.06. The van der Waals surface area contributed by atoms with Crippen molar-refractivity contribution in [2.45, 2.75) is 6.92 Å². The zero-order valence-corrected chi connectivity index (χ0v) is 12.5. The minimum atomic E-state index is 0.615. The lowest BCUT2D eigenvalue weighted by Gasteiger charge is -2.11. The van der Waals surface area contributed by atoms with E-state index in [-0.39, 0.29) is 0 Å². The van der Waals surface area contributed by atoms with Crippen molar-refractivity contribution in [2.24, 2.45) is 0 Å². The van der Waals surface area contributed by atoms with E-state index in [1.165, 1.54) is 0 Å². The van der Waals surface area contributed by atoms with Crippen LogP contribution < -0.4 is 11.1 Å². The molecule has 4 nitrogen and oxygen atoms in total. The molecule has 0 atom stereocenters. The fraction of sp³-hybridized carbons (Fsp3) is 0.0667. The maximum Gasteiger partial charge on any atom is 0.153 e. The largest absolute Gasteiger partial charge is 0.396 e. The minimum absolute atomic E-state index is 0.615. The lowest BCUT2D eigenvalue weighted by molar-refractivity contribution is 1.20. The van der Waals surface area contributed by atoms with Gasteiger partial charge in [0.25, 0.3) is 0 Å². The maximum absolute atomic E-state index is 5.95. The maximum atomic E-state index is 5.95. The second-order valence-corrected chi connectivity index (χ2v) is 5.46. The standard InChI is InChI=1S/C15H13BrN4/c1-9-5-6-12(17)15(19-9)20-13-4-2-3-10-7-11(16)8-18-14(10)13/h2-8H,17H2,1H3,(H,19,20). The summed E-state index contributed by atoms with van der Waals surface area (Å²) >= 11 is 3.43. The predicted molar refractivity (Wildman–Crippen MR) is 86.1 cm³/mol. The van der Waals surface area contributed by atoms with Crippen LogP contribution in [0.1, 0.15) is 5.69 Å². The predicted octanol–water partition coefficient (Wildman–Crippen LogP) is 4.03. The molecular weight excluding hydrogens is 316 g/mol. The quantitative estimate of drug-likeness (QED) is 0.745. The van der Waals surface area contributed by atoms with Crippen molar-refractivity contribution in [1.82, 2.24) is 9.97 Å². The van der Waals surface area contributed by atoms with Gasteiger partial charge in [-0.1, -0.05) is 12.1 Å². The number of nitrogen functional groups attached to an aromatic ring is 1. The number of hydrogen-bond acceptors (Lipinski definition) is 4. The van der Waals surface area contributed by atoms with Gasteiger partial charge in [0.15, 0.2) is 5.82 Å². The molecule has 0 saturated heterocycles. The number of para-hydroxylation sites is 1. The Morgan fingerprint density at radius 2 is 2.05 bits per heavy atom. The van der Waals surface area contributed by atoms with Gasteiger partial charge in [-0.2, -0.15) is 0 Å². The molecular formula is C15H13BrN4. The third-order valence-electron chi connectivity index (χ3n) is 3.00. The molecule has 2 aromatic heterocycles. The first-order valence-electron chi connectivity index (χ1n) is 6.18. The highest BCUT2D eigenvalue weighted by atomic mass is 79.9. The van der Waals surface area contributed by atoms with Crippen LogP contribution in [-0.4, -0.2) is 9.97 Å². The number of nitrogens with one attached hydrogen (secondary N) is 1. The molecule has 0 aliphatic carbocycles. The van der Waals surface area contributed by atoms with E-state index >= 15 is 0 Å². The smallest absolute Gasteiger partial charge is 0.153 e. The van der Waals surface area contributed by atoms with E-state index in [1.54, 1.807) is 6.20 Å². The Hall–Kier alpha value is -2.14. The highest BCUT2D eigenvalue weighted by Crippen LogP contribution is 2.28. The Kier molecular flexibility index (Phi) is 3.28. The number of aromatic nitrogens is 2. The molecule has 0 amide bonds. The second-order valence-electron chi connectivity index (χ2n) is 4.55. The molecule has 1 aromatic carbocycles. The van der Waals surface area contributed by atoms with Crippen molar-refractivity contribution in [3.8, 4) is 0 Å². The normalized spacial score (nSPS) is 10.7. The van der Waals surface area contributed by atoms with Crippen LogP contribution in [-0.2, 0) is 0 Å². The van der Waals surface area contributed by atoms with Gasteiger partial charge in [0.2, 0.25) is 0 Å². The molecule has 0 fully saturated rings. The first kappa shape index (κ1) is 12.9. The number of benzene rings is 1. The molecule has 5 heteroatoms. The van der Waals surface area contributed by atoms with Gasteiger partial charge >= 0.3 is 0 Å². The first-order valence-corrected chi connectivity index (χ1v) is 6.97. The monoisotopic (exact) mass is 328 g/mol. The summed E-state index contributed by atoms with van der Waals surface area (Å²) in [7, 11) is 0. The van der Waals surface area contributed by atoms with Gasteiger partial charge in [-0.15, -0.1) is 0 Å². The number of aryl methyl sites for hydroxylation is 1. The van der Waals surface area contributed by atoms with Gasteiger partial charge in [-0.25, -0.2) is 4.98 Å². The van der Waals surface area contributed by atoms with Crippen LogP contribution in [0.3, 0.4) is 0 Å². The number of halogens is 1. The summed E-state index contributed by atoms with van der Waals surface area (Å²) in [5.41, 5.74) is 9.26. The zero-order chi connectivity index (χ0) is 14.1. The number of fused-ring (bicyclic) bond motifs is 1. The third-order valence-corrected chi connectivity index (χ3v) is 3.43. The van der Waals surface area contributed by atoms with E-state index in [1.807, 2.05) is 43.3 Å². The summed E-state index contributed by atoms with van der Waals surface area (Å²) in [6.07, 6.45) is 1.78. The number of pyridine rings is 2. The van der Waals surface area contributed by atoms with E-state index in [0.29, 0.717) is 11.5 Å². The van der Waals surface area contributed by atoms with Gasteiger partial charge in [0.05, 0.1) is 16.9 Å². The summed E-state index contributed by atoms with van der Waals surface area (Å²) in [6, 6.07) is 11.7. The molecule has 0 aliphatic rings. The zero-order valence-electron chi connectivity index (χ0n) is 10.9. The molecule has 3 rings (SSSR count). The Morgan fingerprint density at radius 3 is 2.90 bits per heavy atom. The molecule has 3 N–H and O–H groups in total. The number of rotatable bonds is 2. The lowest BCUT2D eigenvalue weighted by atomic mass is 10.2. The van der Waals surface area contributed by atoms with E-state index in [4.69, 9.17) is 5.73 Å². The van der Waals surface area contributed by atoms with Gasteiger partial charge in [-0.05, 0) is 47.1 Å². The molecule has 20 heavy (non-hydrogen) atoms. The summed E-state index contributed by atoms with van der Waals surface area (Å²) in [6.45, 7) is 1.93. The van der Waals surface area contributed by atoms with E-state index in [9.17, 15) is 0 Å². The summed E-state index contributed by atoms with van der Waals surface area (Å²) in [4.78, 5) is 8.87. The van der Waals surface area contributed by atoms with Gasteiger partial charge < -0.3 is 11.1 Å². The van der Waals surface area contributed by atoms with Gasteiger partial charge in [0.1, 0.15) is 0 Å². The molecule has 0 unspecified atom stereocenters. The SMILES string of the molecule is Cc1ccc(N)c(Nc2cccc3cc(Br)cnc23)n1. The van der Waals surface area contributed by atoms with Crippen molar-refractivity contribution in [2.75, 3.05) is 11.1 Å². The summed E-state index contributed by atoms with van der Waals surface area (Å²) in [5, 5.41) is 4.31. The molecule has 0 aliphatic heterocycles. The van der Waals surface area contributed by atoms with Crippen LogP contribution in [0, 0.1) is 6.92 Å². The Balaban J connectivity index is 2.09. The van der Waals surface area contributed by atoms with Crippen LogP contribution in [0.5, 0.6) is 0 Å². The van der Waals surface area contributed by atoms with Crippen molar-refractivity contribution in [1.29, 1.82) is 0 Å².